The summed E-state index contributed by atoms with van der Waals surface area (Å²) in [6.07, 6.45) is 2.42. The number of aryl methyl sites for hydroxylation is 1. The average molecular weight is 426 g/mol. The Labute approximate surface area is 180 Å². The van der Waals surface area contributed by atoms with Gasteiger partial charge < -0.3 is 5.32 Å². The molecule has 1 aromatic carbocycles. The van der Waals surface area contributed by atoms with Gasteiger partial charge in [-0.1, -0.05) is 30.7 Å². The van der Waals surface area contributed by atoms with Gasteiger partial charge in [0.25, 0.3) is 0 Å². The van der Waals surface area contributed by atoms with Crippen LogP contribution >= 0.6 is 11.6 Å². The van der Waals surface area contributed by atoms with Crippen LogP contribution in [0, 0.1) is 6.92 Å². The number of carbonyl (C=O) groups excluding carboxylic acids is 2. The van der Waals surface area contributed by atoms with Gasteiger partial charge in [0.1, 0.15) is 17.6 Å². The number of aromatic nitrogens is 3. The number of halogens is 1. The molecule has 1 N–H and O–H groups in total. The van der Waals surface area contributed by atoms with Crippen LogP contribution in [-0.4, -0.2) is 38.7 Å². The molecule has 0 radical (unpaired) electrons. The Morgan fingerprint density at radius 1 is 1.23 bits per heavy atom. The van der Waals surface area contributed by atoms with E-state index in [1.165, 1.54) is 0 Å². The van der Waals surface area contributed by atoms with Gasteiger partial charge in [0, 0.05) is 41.2 Å². The van der Waals surface area contributed by atoms with Crippen molar-refractivity contribution in [2.24, 2.45) is 4.99 Å². The quantitative estimate of drug-likeness (QED) is 0.791. The average Bonchev–Trinajstić information content (AvgIpc) is 3.05. The maximum absolute atomic E-state index is 12.5. The van der Waals surface area contributed by atoms with Gasteiger partial charge in [-0.05, 0) is 31.9 Å². The van der Waals surface area contributed by atoms with E-state index in [0.717, 1.165) is 34.8 Å². The van der Waals surface area contributed by atoms with Crippen molar-refractivity contribution in [1.29, 1.82) is 0 Å². The number of fused-ring (bicyclic) bond motifs is 2. The zero-order valence-corrected chi connectivity index (χ0v) is 17.9. The summed E-state index contributed by atoms with van der Waals surface area (Å²) in [5, 5.41) is 12.2. The monoisotopic (exact) mass is 425 g/mol. The third-order valence-corrected chi connectivity index (χ3v) is 5.67. The molecule has 1 aliphatic heterocycles. The van der Waals surface area contributed by atoms with Gasteiger partial charge in [0.2, 0.25) is 5.91 Å². The first-order valence-corrected chi connectivity index (χ1v) is 10.6. The van der Waals surface area contributed by atoms with E-state index in [0.29, 0.717) is 36.7 Å². The van der Waals surface area contributed by atoms with Crippen LogP contribution in [0.2, 0.25) is 5.02 Å². The van der Waals surface area contributed by atoms with Crippen LogP contribution in [0.3, 0.4) is 0 Å². The molecule has 7 nitrogen and oxygen atoms in total. The summed E-state index contributed by atoms with van der Waals surface area (Å²) >= 11 is 6.08. The molecule has 1 amide bonds. The normalized spacial score (nSPS) is 18.4. The van der Waals surface area contributed by atoms with E-state index in [2.05, 4.69) is 15.5 Å². The number of aliphatic imine (C=N–C) groups is 1. The van der Waals surface area contributed by atoms with Crippen molar-refractivity contribution in [3.8, 4) is 0 Å². The lowest BCUT2D eigenvalue weighted by Crippen LogP contribution is -2.26. The van der Waals surface area contributed by atoms with Crippen LogP contribution < -0.4 is 5.32 Å². The number of hydrogen-bond acceptors (Lipinski definition) is 5. The summed E-state index contributed by atoms with van der Waals surface area (Å²) in [4.78, 5) is 29.9. The molecule has 2 heterocycles. The Bertz CT molecular complexity index is 1050. The van der Waals surface area contributed by atoms with Gasteiger partial charge >= 0.3 is 0 Å². The molecule has 156 valence electrons. The van der Waals surface area contributed by atoms with Crippen LogP contribution in [0.25, 0.3) is 5.70 Å². The predicted octanol–water partition coefficient (Wildman–Crippen LogP) is 3.66. The Kier molecular flexibility index (Phi) is 5.81. The second kappa shape index (κ2) is 8.52. The summed E-state index contributed by atoms with van der Waals surface area (Å²) in [5.74, 6) is 1.48. The highest BCUT2D eigenvalue weighted by atomic mass is 35.5. The minimum atomic E-state index is -0.491. The van der Waals surface area contributed by atoms with Crippen LogP contribution in [0.1, 0.15) is 62.3 Å². The van der Waals surface area contributed by atoms with E-state index >= 15 is 0 Å². The van der Waals surface area contributed by atoms with E-state index in [1.807, 2.05) is 42.7 Å². The topological polar surface area (TPSA) is 89.2 Å². The molecule has 2 aromatic rings. The molecule has 0 saturated carbocycles. The van der Waals surface area contributed by atoms with Crippen molar-refractivity contribution in [3.63, 3.8) is 0 Å². The maximum atomic E-state index is 12.5. The van der Waals surface area contributed by atoms with Gasteiger partial charge in [-0.2, -0.15) is 0 Å². The molecule has 0 fully saturated rings. The van der Waals surface area contributed by atoms with Gasteiger partial charge in [-0.25, -0.2) is 0 Å². The lowest BCUT2D eigenvalue weighted by molar-refractivity contribution is -0.121. The van der Waals surface area contributed by atoms with Gasteiger partial charge in [-0.3, -0.25) is 19.1 Å². The van der Waals surface area contributed by atoms with Crippen molar-refractivity contribution in [2.45, 2.75) is 52.0 Å². The minimum Gasteiger partial charge on any atom is -0.356 e. The summed E-state index contributed by atoms with van der Waals surface area (Å²) < 4.78 is 1.99. The van der Waals surface area contributed by atoms with E-state index in [9.17, 15) is 9.59 Å². The second-order valence-corrected chi connectivity index (χ2v) is 8.07. The van der Waals surface area contributed by atoms with Crippen LogP contribution in [0.5, 0.6) is 0 Å². The lowest BCUT2D eigenvalue weighted by Gasteiger charge is -2.21. The number of benzene rings is 1. The number of allylic oxidation sites excluding steroid dienone is 2. The first kappa shape index (κ1) is 20.5. The highest BCUT2D eigenvalue weighted by Crippen LogP contribution is 2.37. The SMILES string of the molecule is CCCNC(=O)CC1N=C(c2ccc(Cl)cc2)C2=C(CCC(=O)C2)n2c(C)nnc21. The molecule has 1 aliphatic carbocycles. The molecule has 1 atom stereocenters. The molecule has 0 saturated heterocycles. The Morgan fingerprint density at radius 3 is 2.73 bits per heavy atom. The van der Waals surface area contributed by atoms with E-state index in [4.69, 9.17) is 16.6 Å². The molecule has 0 spiro atoms. The van der Waals surface area contributed by atoms with Crippen molar-refractivity contribution < 1.29 is 9.59 Å². The molecule has 4 rings (SSSR count). The number of Topliss-reactive ketones (excluding diaryl/α,β-unsaturated/α-hetero) is 1. The molecule has 30 heavy (non-hydrogen) atoms. The van der Waals surface area contributed by atoms with E-state index < -0.39 is 6.04 Å². The predicted molar refractivity (Wildman–Crippen MR) is 115 cm³/mol. The summed E-state index contributed by atoms with van der Waals surface area (Å²) in [6.45, 7) is 4.52. The van der Waals surface area contributed by atoms with Crippen LogP contribution in [-0.2, 0) is 9.59 Å². The Hall–Kier alpha value is -2.80. The smallest absolute Gasteiger partial charge is 0.222 e. The third-order valence-electron chi connectivity index (χ3n) is 5.42. The zero-order chi connectivity index (χ0) is 21.3. The van der Waals surface area contributed by atoms with Gasteiger partial charge in [0.15, 0.2) is 5.82 Å². The molecular formula is C22H24ClN5O2. The standard InChI is InChI=1S/C22H24ClN5O2/c1-3-10-24-20(30)12-18-22-27-26-13(2)28(22)19-9-8-16(29)11-17(19)21(25-18)14-4-6-15(23)7-5-14/h4-7,18H,3,8-12H2,1-2H3,(H,24,30). The van der Waals surface area contributed by atoms with E-state index in [-0.39, 0.29) is 18.1 Å². The van der Waals surface area contributed by atoms with Crippen molar-refractivity contribution >= 4 is 34.7 Å². The fourth-order valence-corrected chi connectivity index (χ4v) is 4.11. The first-order chi connectivity index (χ1) is 14.5. The summed E-state index contributed by atoms with van der Waals surface area (Å²) in [5.41, 5.74) is 3.48. The molecular weight excluding hydrogens is 402 g/mol. The first-order valence-electron chi connectivity index (χ1n) is 10.2. The van der Waals surface area contributed by atoms with Gasteiger partial charge in [-0.15, -0.1) is 10.2 Å². The van der Waals surface area contributed by atoms with Crippen LogP contribution in [0.15, 0.2) is 34.8 Å². The number of carbonyl (C=O) groups is 2. The number of nitrogens with one attached hydrogen (secondary N) is 1. The highest BCUT2D eigenvalue weighted by Gasteiger charge is 2.33. The lowest BCUT2D eigenvalue weighted by atomic mass is 9.89. The number of ketones is 1. The molecule has 8 heteroatoms. The van der Waals surface area contributed by atoms with Crippen molar-refractivity contribution in [3.05, 3.63) is 52.1 Å². The van der Waals surface area contributed by atoms with Gasteiger partial charge in [0.05, 0.1) is 12.1 Å². The Balaban J connectivity index is 1.86. The second-order valence-electron chi connectivity index (χ2n) is 7.64. The zero-order valence-electron chi connectivity index (χ0n) is 17.1. The van der Waals surface area contributed by atoms with Crippen molar-refractivity contribution in [2.75, 3.05) is 6.54 Å². The van der Waals surface area contributed by atoms with Crippen molar-refractivity contribution in [1.82, 2.24) is 20.1 Å². The largest absolute Gasteiger partial charge is 0.356 e. The van der Waals surface area contributed by atoms with Crippen LogP contribution in [0.4, 0.5) is 0 Å². The number of nitrogens with zero attached hydrogens (tertiary/aromatic N) is 4. The molecule has 2 aliphatic rings. The van der Waals surface area contributed by atoms with E-state index in [1.54, 1.807) is 0 Å². The third kappa shape index (κ3) is 3.94. The Morgan fingerprint density at radius 2 is 2.00 bits per heavy atom. The fraction of sp³-hybridized carbons (Fsp3) is 0.409. The molecule has 0 bridgehead atoms. The number of hydrogen-bond donors (Lipinski definition) is 1. The minimum absolute atomic E-state index is 0.0794. The summed E-state index contributed by atoms with van der Waals surface area (Å²) in [7, 11) is 0. The summed E-state index contributed by atoms with van der Waals surface area (Å²) in [6, 6.07) is 6.93. The fourth-order valence-electron chi connectivity index (χ4n) is 3.99. The highest BCUT2D eigenvalue weighted by molar-refractivity contribution is 6.30. The number of rotatable bonds is 5. The number of amides is 1. The molecule has 1 aromatic heterocycles. The maximum Gasteiger partial charge on any atom is 0.222 e. The molecule has 1 unspecified atom stereocenters.